The molecule has 4 rings (SSSR count). The lowest BCUT2D eigenvalue weighted by molar-refractivity contribution is 0.330. The monoisotopic (exact) mass is 430 g/mol. The summed E-state index contributed by atoms with van der Waals surface area (Å²) < 4.78 is 1.97. The minimum Gasteiger partial charge on any atom is -0.328 e. The fourth-order valence-electron chi connectivity index (χ4n) is 3.99. The number of hydrogen-bond donors (Lipinski definition) is 2. The summed E-state index contributed by atoms with van der Waals surface area (Å²) in [6.45, 7) is 7.34. The summed E-state index contributed by atoms with van der Waals surface area (Å²) in [5.74, 6) is 1.63. The van der Waals surface area contributed by atoms with Crippen LogP contribution < -0.4 is 5.73 Å². The van der Waals surface area contributed by atoms with Crippen LogP contribution in [-0.2, 0) is 13.0 Å². The van der Waals surface area contributed by atoms with E-state index in [2.05, 4.69) is 81.8 Å². The Hall–Kier alpha value is -3.39. The maximum Gasteiger partial charge on any atom is 0.180 e. The molecule has 2 heterocycles. The Labute approximate surface area is 188 Å². The Morgan fingerprint density at radius 2 is 1.78 bits per heavy atom. The average Bonchev–Trinajstić information content (AvgIpc) is 3.44. The molecule has 0 saturated carbocycles. The molecule has 1 unspecified atom stereocenters. The number of nitrogens with zero attached hydrogens (tertiary/aromatic N) is 6. The number of rotatable bonds is 8. The number of aryl methyl sites for hydroxylation is 1. The first-order valence-electron chi connectivity index (χ1n) is 10.9. The number of H-pyrrole nitrogens is 1. The van der Waals surface area contributed by atoms with E-state index >= 15 is 0 Å². The van der Waals surface area contributed by atoms with Crippen molar-refractivity contribution in [2.24, 2.45) is 11.1 Å². The van der Waals surface area contributed by atoms with Crippen LogP contribution in [0.1, 0.15) is 45.0 Å². The summed E-state index contributed by atoms with van der Waals surface area (Å²) in [5.41, 5.74) is 10.9. The average molecular weight is 431 g/mol. The molecule has 4 aromatic rings. The van der Waals surface area contributed by atoms with Gasteiger partial charge in [-0.15, -0.1) is 5.10 Å². The standard InChI is InChI=1S/C24H30N8/c1-24(2,3)14-19(25)12-13-22-26-16-27-32(22)15-17-8-10-18(11-9-17)20-6-4-5-7-21(20)23-28-30-31-29-23/h4-11,16,19H,12-15,25H2,1-3H3,(H,28,29,30,31). The van der Waals surface area contributed by atoms with Crippen molar-refractivity contribution >= 4 is 0 Å². The zero-order chi connectivity index (χ0) is 22.6. The van der Waals surface area contributed by atoms with Gasteiger partial charge in [-0.3, -0.25) is 0 Å². The molecule has 0 amide bonds. The minimum atomic E-state index is 0.166. The maximum atomic E-state index is 6.33. The van der Waals surface area contributed by atoms with E-state index in [0.29, 0.717) is 12.4 Å². The first-order chi connectivity index (χ1) is 15.4. The van der Waals surface area contributed by atoms with Crippen molar-refractivity contribution in [3.63, 3.8) is 0 Å². The number of aromatic amines is 1. The Morgan fingerprint density at radius 3 is 2.47 bits per heavy atom. The largest absolute Gasteiger partial charge is 0.328 e. The van der Waals surface area contributed by atoms with Crippen molar-refractivity contribution in [1.82, 2.24) is 35.4 Å². The maximum absolute atomic E-state index is 6.33. The normalized spacial score (nSPS) is 12.8. The molecule has 0 spiro atoms. The van der Waals surface area contributed by atoms with Crippen molar-refractivity contribution < 1.29 is 0 Å². The van der Waals surface area contributed by atoms with Crippen molar-refractivity contribution in [3.8, 4) is 22.5 Å². The molecule has 1 atom stereocenters. The molecule has 0 fully saturated rings. The predicted octanol–water partition coefficient (Wildman–Crippen LogP) is 3.87. The molecule has 32 heavy (non-hydrogen) atoms. The van der Waals surface area contributed by atoms with E-state index in [1.54, 1.807) is 6.33 Å². The third kappa shape index (κ3) is 5.45. The topological polar surface area (TPSA) is 111 Å². The molecule has 0 radical (unpaired) electrons. The SMILES string of the molecule is CC(C)(C)CC(N)CCc1ncnn1Cc1ccc(-c2ccccc2-c2nnn[nH]2)cc1. The van der Waals surface area contributed by atoms with E-state index in [9.17, 15) is 0 Å². The van der Waals surface area contributed by atoms with Gasteiger partial charge in [0, 0.05) is 18.0 Å². The molecule has 166 valence electrons. The lowest BCUT2D eigenvalue weighted by Crippen LogP contribution is -2.27. The number of nitrogens with one attached hydrogen (secondary N) is 1. The summed E-state index contributed by atoms with van der Waals surface area (Å²) in [5, 5.41) is 18.7. The van der Waals surface area contributed by atoms with Crippen LogP contribution in [-0.4, -0.2) is 41.4 Å². The Balaban J connectivity index is 1.45. The first-order valence-corrected chi connectivity index (χ1v) is 10.9. The van der Waals surface area contributed by atoms with E-state index in [4.69, 9.17) is 5.73 Å². The van der Waals surface area contributed by atoms with Gasteiger partial charge in [-0.05, 0) is 45.4 Å². The van der Waals surface area contributed by atoms with Gasteiger partial charge in [-0.1, -0.05) is 69.3 Å². The molecule has 0 saturated heterocycles. The second-order valence-electron chi connectivity index (χ2n) is 9.39. The van der Waals surface area contributed by atoms with E-state index in [0.717, 1.165) is 41.8 Å². The van der Waals surface area contributed by atoms with Gasteiger partial charge in [-0.2, -0.15) is 5.10 Å². The fourth-order valence-corrected chi connectivity index (χ4v) is 3.99. The van der Waals surface area contributed by atoms with Gasteiger partial charge in [0.2, 0.25) is 0 Å². The lowest BCUT2D eigenvalue weighted by atomic mass is 9.87. The summed E-state index contributed by atoms with van der Waals surface area (Å²) in [6.07, 6.45) is 4.35. The smallest absolute Gasteiger partial charge is 0.180 e. The van der Waals surface area contributed by atoms with Crippen LogP contribution in [0.25, 0.3) is 22.5 Å². The molecule has 8 heteroatoms. The van der Waals surface area contributed by atoms with Gasteiger partial charge in [0.1, 0.15) is 12.2 Å². The van der Waals surface area contributed by atoms with Crippen LogP contribution in [0.15, 0.2) is 54.9 Å². The van der Waals surface area contributed by atoms with Crippen LogP contribution in [0.3, 0.4) is 0 Å². The number of nitrogens with two attached hydrogens (primary N) is 1. The van der Waals surface area contributed by atoms with E-state index in [1.165, 1.54) is 5.56 Å². The number of tetrazole rings is 1. The number of hydrogen-bond acceptors (Lipinski definition) is 6. The van der Waals surface area contributed by atoms with Gasteiger partial charge < -0.3 is 5.73 Å². The van der Waals surface area contributed by atoms with Crippen molar-refractivity contribution in [2.75, 3.05) is 0 Å². The van der Waals surface area contributed by atoms with Crippen LogP contribution in [0.5, 0.6) is 0 Å². The molecule has 8 nitrogen and oxygen atoms in total. The third-order valence-electron chi connectivity index (χ3n) is 5.43. The minimum absolute atomic E-state index is 0.166. The fraction of sp³-hybridized carbons (Fsp3) is 0.375. The van der Waals surface area contributed by atoms with Crippen LogP contribution in [0.2, 0.25) is 0 Å². The Kier molecular flexibility index (Phi) is 6.41. The van der Waals surface area contributed by atoms with E-state index in [1.807, 2.05) is 22.9 Å². The van der Waals surface area contributed by atoms with Crippen LogP contribution >= 0.6 is 0 Å². The second kappa shape index (κ2) is 9.40. The molecular formula is C24H30N8. The predicted molar refractivity (Wildman–Crippen MR) is 125 cm³/mol. The summed E-state index contributed by atoms with van der Waals surface area (Å²) in [4.78, 5) is 4.46. The van der Waals surface area contributed by atoms with E-state index in [-0.39, 0.29) is 11.5 Å². The van der Waals surface area contributed by atoms with Crippen LogP contribution in [0.4, 0.5) is 0 Å². The summed E-state index contributed by atoms with van der Waals surface area (Å²) in [6, 6.07) is 16.7. The highest BCUT2D eigenvalue weighted by Crippen LogP contribution is 2.29. The van der Waals surface area contributed by atoms with Gasteiger partial charge in [0.05, 0.1) is 6.54 Å². The molecular weight excluding hydrogens is 400 g/mol. The molecule has 0 aliphatic rings. The highest BCUT2D eigenvalue weighted by atomic mass is 15.5. The Morgan fingerprint density at radius 1 is 1.03 bits per heavy atom. The quantitative estimate of drug-likeness (QED) is 0.439. The highest BCUT2D eigenvalue weighted by Gasteiger charge is 2.17. The van der Waals surface area contributed by atoms with E-state index < -0.39 is 0 Å². The van der Waals surface area contributed by atoms with Gasteiger partial charge >= 0.3 is 0 Å². The summed E-state index contributed by atoms with van der Waals surface area (Å²) in [7, 11) is 0. The molecule has 0 aliphatic heterocycles. The Bertz CT molecular complexity index is 1120. The van der Waals surface area contributed by atoms with Crippen molar-refractivity contribution in [1.29, 1.82) is 0 Å². The van der Waals surface area contributed by atoms with Gasteiger partial charge in [0.25, 0.3) is 0 Å². The zero-order valence-corrected chi connectivity index (χ0v) is 18.9. The third-order valence-corrected chi connectivity index (χ3v) is 5.43. The van der Waals surface area contributed by atoms with Gasteiger partial charge in [0.15, 0.2) is 5.82 Å². The first kappa shape index (κ1) is 21.8. The highest BCUT2D eigenvalue weighted by molar-refractivity contribution is 5.80. The van der Waals surface area contributed by atoms with Crippen LogP contribution in [0, 0.1) is 5.41 Å². The summed E-state index contributed by atoms with van der Waals surface area (Å²) >= 11 is 0. The number of benzene rings is 2. The second-order valence-corrected chi connectivity index (χ2v) is 9.39. The molecule has 3 N–H and O–H groups in total. The van der Waals surface area contributed by atoms with Crippen molar-refractivity contribution in [2.45, 2.75) is 52.6 Å². The zero-order valence-electron chi connectivity index (χ0n) is 18.9. The van der Waals surface area contributed by atoms with Gasteiger partial charge in [-0.25, -0.2) is 14.8 Å². The molecule has 0 aliphatic carbocycles. The number of aromatic nitrogens is 7. The van der Waals surface area contributed by atoms with Crippen molar-refractivity contribution in [3.05, 3.63) is 66.2 Å². The molecule has 2 aromatic heterocycles. The molecule has 2 aromatic carbocycles. The lowest BCUT2D eigenvalue weighted by Gasteiger charge is -2.23. The molecule has 0 bridgehead atoms.